The number of nitrogens with two attached hydrogens (primary N) is 2. The highest BCUT2D eigenvalue weighted by molar-refractivity contribution is 6.04. The van der Waals surface area contributed by atoms with Crippen LogP contribution < -0.4 is 16.8 Å². The number of primary amides is 1. The molecule has 1 aromatic carbocycles. The molecule has 12 heteroatoms. The molecule has 10 nitrogen and oxygen atoms in total. The van der Waals surface area contributed by atoms with Gasteiger partial charge in [-0.15, -0.1) is 0 Å². The topological polar surface area (TPSA) is 161 Å². The number of hydrogen-bond acceptors (Lipinski definition) is 8. The van der Waals surface area contributed by atoms with E-state index in [0.29, 0.717) is 5.56 Å². The van der Waals surface area contributed by atoms with Crippen molar-refractivity contribution in [2.45, 2.75) is 19.4 Å². The first-order valence-electron chi connectivity index (χ1n) is 11.2. The summed E-state index contributed by atoms with van der Waals surface area (Å²) < 4.78 is 28.1. The number of aromatic amines is 1. The van der Waals surface area contributed by atoms with Crippen LogP contribution in [-0.4, -0.2) is 42.5 Å². The van der Waals surface area contributed by atoms with Crippen LogP contribution in [0, 0.1) is 6.92 Å². The van der Waals surface area contributed by atoms with Crippen molar-refractivity contribution in [3.8, 4) is 22.6 Å². The second-order valence-electron chi connectivity index (χ2n) is 8.25. The quantitative estimate of drug-likeness (QED) is 0.261. The van der Waals surface area contributed by atoms with Gasteiger partial charge in [0.1, 0.15) is 11.9 Å². The molecule has 5 aromatic rings. The lowest BCUT2D eigenvalue weighted by Crippen LogP contribution is -2.21. The van der Waals surface area contributed by atoms with Crippen LogP contribution in [0.4, 0.5) is 20.3 Å². The number of benzene rings is 1. The summed E-state index contributed by atoms with van der Waals surface area (Å²) in [6.45, 7) is 1.87. The summed E-state index contributed by atoms with van der Waals surface area (Å²) in [6, 6.07) is 8.63. The zero-order valence-corrected chi connectivity index (χ0v) is 19.5. The summed E-state index contributed by atoms with van der Waals surface area (Å²) in [4.78, 5) is 29.5. The van der Waals surface area contributed by atoms with Crippen LogP contribution in [0.1, 0.15) is 27.7 Å². The molecule has 4 heterocycles. The number of fused-ring (bicyclic) bond motifs is 1. The highest BCUT2D eigenvalue weighted by Crippen LogP contribution is 2.37. The standard InChI is InChI=1S/C25H21F2N9O/c1-12-6-7-16-15(11-32-36-16)17(12)20-18(28)21(23(29)37)35-25(34-20)14-5-3-9-31-24(14)33-19(22(26)27)13-4-2-8-30-10-13/h2-11,19,22H,28H2,1H3,(H2,29,37)(H,31,33)(H,32,36)/t19-/m1/s1. The fourth-order valence-electron chi connectivity index (χ4n) is 4.11. The summed E-state index contributed by atoms with van der Waals surface area (Å²) in [6.07, 6.45) is 3.14. The number of amides is 1. The Labute approximate surface area is 209 Å². The third kappa shape index (κ3) is 4.40. The van der Waals surface area contributed by atoms with Crippen molar-refractivity contribution in [3.63, 3.8) is 0 Å². The molecule has 37 heavy (non-hydrogen) atoms. The van der Waals surface area contributed by atoms with Gasteiger partial charge in [0.2, 0.25) is 0 Å². The number of H-pyrrole nitrogens is 1. The largest absolute Gasteiger partial charge is 0.395 e. The Bertz CT molecular complexity index is 1610. The van der Waals surface area contributed by atoms with Crippen LogP contribution in [0.3, 0.4) is 0 Å². The molecule has 0 radical (unpaired) electrons. The van der Waals surface area contributed by atoms with Crippen molar-refractivity contribution in [2.24, 2.45) is 5.73 Å². The summed E-state index contributed by atoms with van der Waals surface area (Å²) in [5.41, 5.74) is 14.7. The van der Waals surface area contributed by atoms with Gasteiger partial charge in [0, 0.05) is 29.5 Å². The number of nitrogens with zero attached hydrogens (tertiary/aromatic N) is 5. The van der Waals surface area contributed by atoms with Gasteiger partial charge in [-0.1, -0.05) is 12.1 Å². The van der Waals surface area contributed by atoms with Crippen LogP contribution in [0.5, 0.6) is 0 Å². The van der Waals surface area contributed by atoms with Crippen molar-refractivity contribution in [1.82, 2.24) is 30.1 Å². The Balaban J connectivity index is 1.69. The molecule has 0 spiro atoms. The molecule has 0 saturated heterocycles. The molecule has 0 bridgehead atoms. The summed E-state index contributed by atoms with van der Waals surface area (Å²) in [5, 5.41) is 10.5. The van der Waals surface area contributed by atoms with E-state index >= 15 is 0 Å². The fraction of sp³-hybridized carbons (Fsp3) is 0.120. The number of nitrogen functional groups attached to an aromatic ring is 1. The lowest BCUT2D eigenvalue weighted by molar-refractivity contribution is 0.0996. The number of pyridine rings is 2. The first-order chi connectivity index (χ1) is 17.8. The Hall–Kier alpha value is -5.00. The van der Waals surface area contributed by atoms with Gasteiger partial charge < -0.3 is 16.8 Å². The molecule has 0 saturated carbocycles. The lowest BCUT2D eigenvalue weighted by Gasteiger charge is -2.20. The molecule has 5 rings (SSSR count). The number of carbonyl (C=O) groups is 1. The van der Waals surface area contributed by atoms with E-state index < -0.39 is 18.4 Å². The van der Waals surface area contributed by atoms with Gasteiger partial charge in [-0.3, -0.25) is 14.9 Å². The highest BCUT2D eigenvalue weighted by Gasteiger charge is 2.26. The molecule has 0 aliphatic rings. The third-order valence-corrected chi connectivity index (χ3v) is 5.88. The molecule has 0 unspecified atom stereocenters. The first kappa shape index (κ1) is 23.7. The van der Waals surface area contributed by atoms with Crippen molar-refractivity contribution in [3.05, 3.63) is 78.0 Å². The van der Waals surface area contributed by atoms with Crippen molar-refractivity contribution >= 4 is 28.3 Å². The van der Waals surface area contributed by atoms with Crippen LogP contribution in [0.2, 0.25) is 0 Å². The van der Waals surface area contributed by atoms with E-state index in [-0.39, 0.29) is 39.8 Å². The number of alkyl halides is 2. The van der Waals surface area contributed by atoms with Gasteiger partial charge >= 0.3 is 0 Å². The van der Waals surface area contributed by atoms with Gasteiger partial charge in [0.15, 0.2) is 11.5 Å². The zero-order valence-electron chi connectivity index (χ0n) is 19.5. The Kier molecular flexibility index (Phi) is 6.14. The average Bonchev–Trinajstić information content (AvgIpc) is 3.37. The number of carbonyl (C=O) groups excluding carboxylic acids is 1. The minimum absolute atomic E-state index is 0.00716. The number of anilines is 2. The van der Waals surface area contributed by atoms with E-state index in [9.17, 15) is 13.6 Å². The van der Waals surface area contributed by atoms with E-state index in [0.717, 1.165) is 16.5 Å². The van der Waals surface area contributed by atoms with Gasteiger partial charge in [0.05, 0.1) is 28.7 Å². The summed E-state index contributed by atoms with van der Waals surface area (Å²) in [7, 11) is 0. The molecule has 186 valence electrons. The Morgan fingerprint density at radius 2 is 1.89 bits per heavy atom. The Morgan fingerprint density at radius 3 is 2.62 bits per heavy atom. The maximum Gasteiger partial charge on any atom is 0.269 e. The third-order valence-electron chi connectivity index (χ3n) is 5.88. The minimum Gasteiger partial charge on any atom is -0.395 e. The molecule has 6 N–H and O–H groups in total. The summed E-state index contributed by atoms with van der Waals surface area (Å²) in [5.74, 6) is -0.743. The summed E-state index contributed by atoms with van der Waals surface area (Å²) >= 11 is 0. The average molecular weight is 502 g/mol. The number of hydrogen-bond donors (Lipinski definition) is 4. The molecule has 1 atom stereocenters. The minimum atomic E-state index is -2.77. The normalized spacial score (nSPS) is 12.1. The van der Waals surface area contributed by atoms with E-state index in [4.69, 9.17) is 11.5 Å². The first-order valence-corrected chi connectivity index (χ1v) is 11.2. The zero-order chi connectivity index (χ0) is 26.1. The number of aromatic nitrogens is 6. The molecule has 1 amide bonds. The van der Waals surface area contributed by atoms with Crippen LogP contribution >= 0.6 is 0 Å². The second kappa shape index (κ2) is 9.57. The fourth-order valence-corrected chi connectivity index (χ4v) is 4.11. The van der Waals surface area contributed by atoms with Gasteiger partial charge in [-0.05, 0) is 42.3 Å². The van der Waals surface area contributed by atoms with Crippen molar-refractivity contribution < 1.29 is 13.6 Å². The lowest BCUT2D eigenvalue weighted by atomic mass is 9.99. The predicted molar refractivity (Wildman–Crippen MR) is 135 cm³/mol. The van der Waals surface area contributed by atoms with E-state index in [1.54, 1.807) is 24.4 Å². The van der Waals surface area contributed by atoms with Crippen molar-refractivity contribution in [2.75, 3.05) is 11.1 Å². The maximum absolute atomic E-state index is 14.0. The van der Waals surface area contributed by atoms with Gasteiger partial charge in [0.25, 0.3) is 12.3 Å². The molecule has 0 aliphatic heterocycles. The van der Waals surface area contributed by atoms with Crippen LogP contribution in [-0.2, 0) is 0 Å². The van der Waals surface area contributed by atoms with Crippen LogP contribution in [0.15, 0.2) is 61.2 Å². The molecular weight excluding hydrogens is 480 g/mol. The highest BCUT2D eigenvalue weighted by atomic mass is 19.3. The monoisotopic (exact) mass is 501 g/mol. The molecule has 0 fully saturated rings. The predicted octanol–water partition coefficient (Wildman–Crippen LogP) is 3.88. The maximum atomic E-state index is 14.0. The SMILES string of the molecule is Cc1ccc2[nH]ncc2c1-c1nc(-c2cccnc2N[C@H](c2cccnc2)C(F)F)nc(C(N)=O)c1N. The molecule has 4 aromatic heterocycles. The molecular formula is C25H21F2N9O. The van der Waals surface area contributed by atoms with Crippen LogP contribution in [0.25, 0.3) is 33.5 Å². The van der Waals surface area contributed by atoms with Crippen molar-refractivity contribution in [1.29, 1.82) is 0 Å². The smallest absolute Gasteiger partial charge is 0.269 e. The number of nitrogens with one attached hydrogen (secondary N) is 2. The number of halogens is 2. The van der Waals surface area contributed by atoms with E-state index in [1.807, 2.05) is 19.1 Å². The second-order valence-corrected chi connectivity index (χ2v) is 8.25. The van der Waals surface area contributed by atoms with E-state index in [1.165, 1.54) is 24.7 Å². The van der Waals surface area contributed by atoms with Gasteiger partial charge in [-0.2, -0.15) is 5.10 Å². The number of rotatable bonds is 7. The molecule has 0 aliphatic carbocycles. The number of aryl methyl sites for hydroxylation is 1. The Morgan fingerprint density at radius 1 is 1.08 bits per heavy atom. The van der Waals surface area contributed by atoms with Gasteiger partial charge in [-0.25, -0.2) is 23.7 Å². The van der Waals surface area contributed by atoms with E-state index in [2.05, 4.69) is 35.5 Å².